The van der Waals surface area contributed by atoms with Gasteiger partial charge in [0, 0.05) is 11.8 Å². The summed E-state index contributed by atoms with van der Waals surface area (Å²) in [6.07, 6.45) is 1.71. The maximum Gasteiger partial charge on any atom is 0.128 e. The molecule has 0 amide bonds. The van der Waals surface area contributed by atoms with E-state index in [0.717, 1.165) is 16.8 Å². The molecule has 0 saturated carbocycles. The van der Waals surface area contributed by atoms with E-state index in [1.807, 2.05) is 18.2 Å². The van der Waals surface area contributed by atoms with Crippen molar-refractivity contribution in [2.24, 2.45) is 4.99 Å². The number of phenolic OH excluding ortho intramolecular Hbond substituents is 1. The molecule has 0 radical (unpaired) electrons. The smallest absolute Gasteiger partial charge is 0.128 e. The van der Waals surface area contributed by atoms with E-state index in [-0.39, 0.29) is 22.0 Å². The largest absolute Gasteiger partial charge is 0.507 e. The summed E-state index contributed by atoms with van der Waals surface area (Å²) in [5.41, 5.74) is 4.38. The van der Waals surface area contributed by atoms with Crippen LogP contribution in [0.3, 0.4) is 0 Å². The molecule has 1 N–H and O–H groups in total. The maximum atomic E-state index is 10.7. The van der Waals surface area contributed by atoms with Crippen molar-refractivity contribution >= 4 is 23.5 Å². The number of para-hydroxylation sites is 1. The third-order valence-electron chi connectivity index (χ3n) is 4.95. The second-order valence-corrected chi connectivity index (χ2v) is 11.0. The third-order valence-corrected chi connectivity index (χ3v) is 5.34. The van der Waals surface area contributed by atoms with Gasteiger partial charge in [-0.1, -0.05) is 92.1 Å². The first kappa shape index (κ1) is 22.5. The van der Waals surface area contributed by atoms with Crippen molar-refractivity contribution in [2.75, 3.05) is 0 Å². The summed E-state index contributed by atoms with van der Waals surface area (Å²) in [7, 11) is 0. The van der Waals surface area contributed by atoms with Crippen LogP contribution in [0, 0.1) is 0 Å². The van der Waals surface area contributed by atoms with E-state index < -0.39 is 0 Å². The lowest BCUT2D eigenvalue weighted by atomic mass is 9.80. The lowest BCUT2D eigenvalue weighted by Gasteiger charge is -2.27. The molecule has 0 heterocycles. The Morgan fingerprint density at radius 1 is 0.821 bits per heavy atom. The normalized spacial score (nSPS) is 13.4. The zero-order chi connectivity index (χ0) is 21.5. The van der Waals surface area contributed by atoms with E-state index in [1.54, 1.807) is 6.21 Å². The average molecular weight is 400 g/mol. The van der Waals surface area contributed by atoms with Crippen LogP contribution in [-0.2, 0) is 16.2 Å². The van der Waals surface area contributed by atoms with Crippen LogP contribution < -0.4 is 0 Å². The maximum absolute atomic E-state index is 10.7. The standard InChI is InChI=1S/C25H34ClNO/c1-23(2,3)17-13-19(25(7,8)9)21(26)20(14-17)27-15-16-11-10-12-18(22(16)28)24(4,5)6/h10-15,28H,1-9H3. The summed E-state index contributed by atoms with van der Waals surface area (Å²) in [6.45, 7) is 19.3. The highest BCUT2D eigenvalue weighted by Gasteiger charge is 2.24. The van der Waals surface area contributed by atoms with E-state index in [4.69, 9.17) is 16.6 Å². The van der Waals surface area contributed by atoms with Crippen molar-refractivity contribution in [3.8, 4) is 5.75 Å². The second-order valence-electron chi connectivity index (χ2n) is 10.6. The number of aliphatic imine (C=N–C) groups is 1. The van der Waals surface area contributed by atoms with Gasteiger partial charge in [0.15, 0.2) is 0 Å². The molecule has 0 unspecified atom stereocenters. The van der Waals surface area contributed by atoms with Crippen molar-refractivity contribution < 1.29 is 5.11 Å². The molecule has 0 bridgehead atoms. The first-order chi connectivity index (χ1) is 12.6. The monoisotopic (exact) mass is 399 g/mol. The first-order valence-corrected chi connectivity index (χ1v) is 10.2. The minimum atomic E-state index is -0.142. The molecule has 28 heavy (non-hydrogen) atoms. The Kier molecular flexibility index (Phi) is 6.07. The quantitative estimate of drug-likeness (QED) is 0.515. The Bertz CT molecular complexity index is 890. The lowest BCUT2D eigenvalue weighted by Crippen LogP contribution is -2.16. The molecule has 0 aromatic heterocycles. The molecule has 152 valence electrons. The van der Waals surface area contributed by atoms with Crippen molar-refractivity contribution in [3.63, 3.8) is 0 Å². The van der Waals surface area contributed by atoms with Crippen LogP contribution >= 0.6 is 11.6 Å². The van der Waals surface area contributed by atoms with Gasteiger partial charge in [-0.3, -0.25) is 4.99 Å². The summed E-state index contributed by atoms with van der Waals surface area (Å²) in [4.78, 5) is 4.69. The number of benzene rings is 2. The zero-order valence-corrected chi connectivity index (χ0v) is 19.5. The summed E-state index contributed by atoms with van der Waals surface area (Å²) < 4.78 is 0. The van der Waals surface area contributed by atoms with Gasteiger partial charge in [-0.15, -0.1) is 0 Å². The first-order valence-electron chi connectivity index (χ1n) is 9.83. The van der Waals surface area contributed by atoms with Gasteiger partial charge < -0.3 is 5.11 Å². The van der Waals surface area contributed by atoms with E-state index >= 15 is 0 Å². The van der Waals surface area contributed by atoms with E-state index in [1.165, 1.54) is 5.56 Å². The lowest BCUT2D eigenvalue weighted by molar-refractivity contribution is 0.446. The number of aromatic hydroxyl groups is 1. The van der Waals surface area contributed by atoms with Gasteiger partial charge in [-0.05, 0) is 45.1 Å². The molecule has 3 heteroatoms. The van der Waals surface area contributed by atoms with Gasteiger partial charge in [0.2, 0.25) is 0 Å². The Balaban J connectivity index is 2.61. The number of rotatable bonds is 2. The second kappa shape index (κ2) is 7.55. The fourth-order valence-corrected chi connectivity index (χ4v) is 3.53. The van der Waals surface area contributed by atoms with E-state index in [9.17, 15) is 5.11 Å². The molecular weight excluding hydrogens is 366 g/mol. The molecule has 0 spiro atoms. The molecule has 2 aromatic carbocycles. The van der Waals surface area contributed by atoms with Gasteiger partial charge in [0.1, 0.15) is 5.75 Å². The van der Waals surface area contributed by atoms with Crippen LogP contribution in [0.2, 0.25) is 5.02 Å². The molecule has 0 aliphatic carbocycles. The van der Waals surface area contributed by atoms with Crippen molar-refractivity contribution in [2.45, 2.75) is 78.6 Å². The number of hydrogen-bond donors (Lipinski definition) is 1. The minimum absolute atomic E-state index is 0.0108. The summed E-state index contributed by atoms with van der Waals surface area (Å²) in [6, 6.07) is 10.0. The van der Waals surface area contributed by atoms with Crippen LogP contribution in [0.5, 0.6) is 5.75 Å². The van der Waals surface area contributed by atoms with Crippen LogP contribution in [0.25, 0.3) is 0 Å². The zero-order valence-electron chi connectivity index (χ0n) is 18.7. The Labute approximate surface area is 175 Å². The van der Waals surface area contributed by atoms with E-state index in [0.29, 0.717) is 10.6 Å². The molecule has 2 nitrogen and oxygen atoms in total. The fourth-order valence-electron chi connectivity index (χ4n) is 3.09. The molecule has 0 atom stereocenters. The van der Waals surface area contributed by atoms with E-state index in [2.05, 4.69) is 74.4 Å². The van der Waals surface area contributed by atoms with Gasteiger partial charge in [0.25, 0.3) is 0 Å². The predicted molar refractivity (Wildman–Crippen MR) is 123 cm³/mol. The average Bonchev–Trinajstić information content (AvgIpc) is 2.51. The number of phenols is 1. The molecule has 0 fully saturated rings. The van der Waals surface area contributed by atoms with Gasteiger partial charge in [0.05, 0.1) is 10.7 Å². The SMILES string of the molecule is CC(C)(C)c1cc(N=Cc2cccc(C(C)(C)C)c2O)c(Cl)c(C(C)(C)C)c1. The van der Waals surface area contributed by atoms with Crippen molar-refractivity contribution in [3.05, 3.63) is 57.6 Å². The number of hydrogen-bond acceptors (Lipinski definition) is 2. The molecular formula is C25H34ClNO. The predicted octanol–water partition coefficient (Wildman–Crippen LogP) is 7.69. The third kappa shape index (κ3) is 4.97. The Morgan fingerprint density at radius 3 is 1.89 bits per heavy atom. The Hall–Kier alpha value is -1.80. The van der Waals surface area contributed by atoms with Crippen molar-refractivity contribution in [1.82, 2.24) is 0 Å². The summed E-state index contributed by atoms with van der Waals surface area (Å²) in [5.74, 6) is 0.276. The van der Waals surface area contributed by atoms with Gasteiger partial charge >= 0.3 is 0 Å². The highest BCUT2D eigenvalue weighted by atomic mass is 35.5. The molecule has 0 aliphatic rings. The fraction of sp³-hybridized carbons (Fsp3) is 0.480. The molecule has 2 rings (SSSR count). The summed E-state index contributed by atoms with van der Waals surface area (Å²) in [5, 5.41) is 11.4. The van der Waals surface area contributed by atoms with Crippen LogP contribution in [0.1, 0.15) is 84.6 Å². The van der Waals surface area contributed by atoms with Crippen LogP contribution in [0.15, 0.2) is 35.3 Å². The Morgan fingerprint density at radius 2 is 1.39 bits per heavy atom. The number of halogens is 1. The highest BCUT2D eigenvalue weighted by molar-refractivity contribution is 6.34. The highest BCUT2D eigenvalue weighted by Crippen LogP contribution is 2.40. The topological polar surface area (TPSA) is 32.6 Å². The van der Waals surface area contributed by atoms with Gasteiger partial charge in [-0.25, -0.2) is 0 Å². The molecule has 0 aliphatic heterocycles. The number of nitrogens with zero attached hydrogens (tertiary/aromatic N) is 1. The van der Waals surface area contributed by atoms with Crippen LogP contribution in [-0.4, -0.2) is 11.3 Å². The minimum Gasteiger partial charge on any atom is -0.507 e. The van der Waals surface area contributed by atoms with Crippen molar-refractivity contribution in [1.29, 1.82) is 0 Å². The van der Waals surface area contributed by atoms with Crippen LogP contribution in [0.4, 0.5) is 5.69 Å². The van der Waals surface area contributed by atoms with Gasteiger partial charge in [-0.2, -0.15) is 0 Å². The molecule has 2 aromatic rings. The molecule has 0 saturated heterocycles. The summed E-state index contributed by atoms with van der Waals surface area (Å²) >= 11 is 6.75.